The molecule has 162 valence electrons. The molecule has 0 saturated carbocycles. The van der Waals surface area contributed by atoms with Gasteiger partial charge >= 0.3 is 12.1 Å². The van der Waals surface area contributed by atoms with Crippen molar-refractivity contribution in [1.29, 1.82) is 0 Å². The highest BCUT2D eigenvalue weighted by Gasteiger charge is 2.31. The molecule has 2 rings (SSSR count). The summed E-state index contributed by atoms with van der Waals surface area (Å²) in [6, 6.07) is 6.20. The minimum Gasteiger partial charge on any atom is -0.464 e. The third kappa shape index (κ3) is 6.60. The number of rotatable bonds is 8. The number of ether oxygens (including phenoxy) is 2. The van der Waals surface area contributed by atoms with Crippen LogP contribution in [0.2, 0.25) is 5.02 Å². The number of halogens is 4. The molecule has 0 aliphatic carbocycles. The summed E-state index contributed by atoms with van der Waals surface area (Å²) in [6.07, 6.45) is -4.93. The van der Waals surface area contributed by atoms with E-state index in [2.05, 4.69) is 0 Å². The number of benzene rings is 2. The molecule has 30 heavy (non-hydrogen) atoms. The lowest BCUT2D eigenvalue weighted by molar-refractivity contribution is -0.385. The van der Waals surface area contributed by atoms with Crippen molar-refractivity contribution in [2.24, 2.45) is 0 Å². The zero-order valence-corrected chi connectivity index (χ0v) is 16.8. The summed E-state index contributed by atoms with van der Waals surface area (Å²) in [5.74, 6) is -0.666. The van der Waals surface area contributed by atoms with E-state index in [1.807, 2.05) is 0 Å². The van der Waals surface area contributed by atoms with Gasteiger partial charge < -0.3 is 14.4 Å². The molecular formula is C19H18ClF3N2O5. The number of esters is 1. The zero-order chi connectivity index (χ0) is 22.5. The molecule has 2 aromatic carbocycles. The molecule has 0 heterocycles. The number of carbonyl (C=O) groups is 1. The number of nitro groups is 1. The first kappa shape index (κ1) is 23.4. The largest absolute Gasteiger partial charge is 0.464 e. The van der Waals surface area contributed by atoms with Gasteiger partial charge in [-0.1, -0.05) is 11.6 Å². The minimum atomic E-state index is -4.56. The van der Waals surface area contributed by atoms with Crippen molar-refractivity contribution in [1.82, 2.24) is 4.90 Å². The van der Waals surface area contributed by atoms with Gasteiger partial charge in [0, 0.05) is 18.2 Å². The van der Waals surface area contributed by atoms with Crippen LogP contribution in [-0.2, 0) is 22.1 Å². The molecule has 0 unspecified atom stereocenters. The first-order chi connectivity index (χ1) is 14.0. The maximum atomic E-state index is 12.7. The molecule has 0 aliphatic heterocycles. The Morgan fingerprint density at radius 2 is 1.90 bits per heavy atom. The first-order valence-electron chi connectivity index (χ1n) is 8.59. The van der Waals surface area contributed by atoms with Crippen LogP contribution in [0.1, 0.15) is 11.1 Å². The highest BCUT2D eigenvalue weighted by Crippen LogP contribution is 2.37. The van der Waals surface area contributed by atoms with Crippen LogP contribution in [0.3, 0.4) is 0 Å². The molecular weight excluding hydrogens is 429 g/mol. The average molecular weight is 447 g/mol. The Hall–Kier alpha value is -2.85. The number of hydrogen-bond acceptors (Lipinski definition) is 6. The van der Waals surface area contributed by atoms with Gasteiger partial charge in [-0.15, -0.1) is 0 Å². The van der Waals surface area contributed by atoms with E-state index in [1.54, 1.807) is 19.0 Å². The second-order valence-electron chi connectivity index (χ2n) is 6.49. The summed E-state index contributed by atoms with van der Waals surface area (Å²) in [7, 11) is 3.59. The molecule has 0 fully saturated rings. The number of carbonyl (C=O) groups excluding carboxylic acids is 1. The van der Waals surface area contributed by atoms with E-state index in [1.165, 1.54) is 12.1 Å². The molecule has 0 N–H and O–H groups in total. The second-order valence-corrected chi connectivity index (χ2v) is 6.90. The van der Waals surface area contributed by atoms with Crippen LogP contribution in [0.15, 0.2) is 36.4 Å². The average Bonchev–Trinajstić information content (AvgIpc) is 2.62. The molecule has 0 atom stereocenters. The molecule has 7 nitrogen and oxygen atoms in total. The van der Waals surface area contributed by atoms with Crippen molar-refractivity contribution >= 4 is 23.3 Å². The fourth-order valence-electron chi connectivity index (χ4n) is 2.38. The SMILES string of the molecule is CN(C)CCOC(=O)Cc1cc(Oc2ccc(C(F)(F)F)cc2Cl)ccc1[N+](=O)[O-]. The maximum absolute atomic E-state index is 12.7. The molecule has 0 aliphatic rings. The first-order valence-corrected chi connectivity index (χ1v) is 8.97. The van der Waals surface area contributed by atoms with Crippen molar-refractivity contribution in [3.05, 3.63) is 62.7 Å². The zero-order valence-electron chi connectivity index (χ0n) is 16.0. The summed E-state index contributed by atoms with van der Waals surface area (Å²) in [6.45, 7) is 0.611. The highest BCUT2D eigenvalue weighted by atomic mass is 35.5. The van der Waals surface area contributed by atoms with E-state index in [4.69, 9.17) is 21.1 Å². The normalized spacial score (nSPS) is 11.4. The summed E-state index contributed by atoms with van der Waals surface area (Å²) in [4.78, 5) is 24.4. The Labute approximate surface area is 175 Å². The van der Waals surface area contributed by atoms with Crippen LogP contribution in [0, 0.1) is 10.1 Å². The molecule has 0 radical (unpaired) electrons. The van der Waals surface area contributed by atoms with Crippen LogP contribution in [0.4, 0.5) is 18.9 Å². The van der Waals surface area contributed by atoms with Crippen LogP contribution in [-0.4, -0.2) is 43.0 Å². The number of likely N-dealkylation sites (N-methyl/N-ethyl adjacent to an activating group) is 1. The van der Waals surface area contributed by atoms with Crippen LogP contribution in [0.25, 0.3) is 0 Å². The van der Waals surface area contributed by atoms with Crippen molar-refractivity contribution in [2.45, 2.75) is 12.6 Å². The molecule has 0 saturated heterocycles. The third-order valence-corrected chi connectivity index (χ3v) is 4.17. The summed E-state index contributed by atoms with van der Waals surface area (Å²) >= 11 is 5.86. The van der Waals surface area contributed by atoms with E-state index in [0.717, 1.165) is 18.2 Å². The molecule has 0 bridgehead atoms. The smallest absolute Gasteiger partial charge is 0.416 e. The lowest BCUT2D eigenvalue weighted by atomic mass is 10.1. The second kappa shape index (κ2) is 9.77. The summed E-state index contributed by atoms with van der Waals surface area (Å²) in [5.41, 5.74) is -1.22. The van der Waals surface area contributed by atoms with Crippen LogP contribution >= 0.6 is 11.6 Å². The Bertz CT molecular complexity index is 935. The van der Waals surface area contributed by atoms with Gasteiger partial charge in [-0.3, -0.25) is 14.9 Å². The minimum absolute atomic E-state index is 0.0374. The number of hydrogen-bond donors (Lipinski definition) is 0. The van der Waals surface area contributed by atoms with Gasteiger partial charge in [0.25, 0.3) is 5.69 Å². The predicted molar refractivity (Wildman–Crippen MR) is 103 cm³/mol. The monoisotopic (exact) mass is 446 g/mol. The third-order valence-electron chi connectivity index (χ3n) is 3.87. The predicted octanol–water partition coefficient (Wildman–Crippen LogP) is 4.71. The van der Waals surface area contributed by atoms with E-state index in [-0.39, 0.29) is 40.8 Å². The van der Waals surface area contributed by atoms with E-state index in [0.29, 0.717) is 12.6 Å². The standard InChI is InChI=1S/C19H18ClF3N2O5/c1-24(2)7-8-29-18(26)10-12-9-14(4-5-16(12)25(27)28)30-17-6-3-13(11-15(17)20)19(21,22)23/h3-6,9,11H,7-8,10H2,1-2H3. The topological polar surface area (TPSA) is 81.9 Å². The molecule has 0 spiro atoms. The quantitative estimate of drug-likeness (QED) is 0.332. The molecule has 11 heteroatoms. The van der Waals surface area contributed by atoms with Gasteiger partial charge in [0.05, 0.1) is 21.9 Å². The number of nitro benzene ring substituents is 1. The van der Waals surface area contributed by atoms with Crippen molar-refractivity contribution < 1.29 is 32.4 Å². The summed E-state index contributed by atoms with van der Waals surface area (Å²) in [5, 5.41) is 11.0. The Balaban J connectivity index is 2.21. The maximum Gasteiger partial charge on any atom is 0.416 e. The van der Waals surface area contributed by atoms with Gasteiger partial charge in [-0.25, -0.2) is 0 Å². The van der Waals surface area contributed by atoms with Crippen molar-refractivity contribution in [3.63, 3.8) is 0 Å². The van der Waals surface area contributed by atoms with Crippen molar-refractivity contribution in [2.75, 3.05) is 27.2 Å². The molecule has 0 amide bonds. The van der Waals surface area contributed by atoms with E-state index < -0.39 is 22.6 Å². The Kier molecular flexibility index (Phi) is 7.63. The van der Waals surface area contributed by atoms with E-state index >= 15 is 0 Å². The molecule has 2 aromatic rings. The van der Waals surface area contributed by atoms with Crippen molar-refractivity contribution in [3.8, 4) is 11.5 Å². The van der Waals surface area contributed by atoms with Crippen LogP contribution in [0.5, 0.6) is 11.5 Å². The van der Waals surface area contributed by atoms with Gasteiger partial charge in [0.2, 0.25) is 0 Å². The highest BCUT2D eigenvalue weighted by molar-refractivity contribution is 6.32. The van der Waals surface area contributed by atoms with Gasteiger partial charge in [0.15, 0.2) is 0 Å². The van der Waals surface area contributed by atoms with E-state index in [9.17, 15) is 28.1 Å². The fraction of sp³-hybridized carbons (Fsp3) is 0.316. The fourth-order valence-corrected chi connectivity index (χ4v) is 2.60. The molecule has 0 aromatic heterocycles. The Morgan fingerprint density at radius 1 is 1.20 bits per heavy atom. The number of alkyl halides is 3. The summed E-state index contributed by atoms with van der Waals surface area (Å²) < 4.78 is 48.7. The van der Waals surface area contributed by atoms with Gasteiger partial charge in [-0.05, 0) is 44.4 Å². The van der Waals surface area contributed by atoms with Gasteiger partial charge in [0.1, 0.15) is 18.1 Å². The Morgan fingerprint density at radius 3 is 2.47 bits per heavy atom. The lowest BCUT2D eigenvalue weighted by Crippen LogP contribution is -2.21. The van der Waals surface area contributed by atoms with Crippen LogP contribution < -0.4 is 4.74 Å². The van der Waals surface area contributed by atoms with Gasteiger partial charge in [-0.2, -0.15) is 13.2 Å². The number of nitrogens with zero attached hydrogens (tertiary/aromatic N) is 2. The lowest BCUT2D eigenvalue weighted by Gasteiger charge is -2.12.